The molecule has 0 bridgehead atoms. The second kappa shape index (κ2) is 6.21. The molecule has 0 aromatic heterocycles. The predicted octanol–water partition coefficient (Wildman–Crippen LogP) is 2.98. The van der Waals surface area contributed by atoms with Crippen LogP contribution in [0.2, 0.25) is 0 Å². The van der Waals surface area contributed by atoms with Crippen LogP contribution in [0.15, 0.2) is 0 Å². The van der Waals surface area contributed by atoms with Crippen molar-refractivity contribution in [1.82, 2.24) is 5.64 Å². The quantitative estimate of drug-likeness (QED) is 0.684. The lowest BCUT2D eigenvalue weighted by Gasteiger charge is -2.27. The summed E-state index contributed by atoms with van der Waals surface area (Å²) in [4.78, 5) is 21.8. The van der Waals surface area contributed by atoms with Crippen LogP contribution in [0.25, 0.3) is 0 Å². The number of hydrogen-bond donors (Lipinski definition) is 1. The molecule has 0 aromatic rings. The Morgan fingerprint density at radius 2 is 1.56 bits per heavy atom. The van der Waals surface area contributed by atoms with Gasteiger partial charge in [0.25, 0.3) is 0 Å². The third-order valence-electron chi connectivity index (χ3n) is 3.35. The van der Waals surface area contributed by atoms with Crippen LogP contribution in [-0.4, -0.2) is 11.6 Å². The fraction of sp³-hybridized carbons (Fsp3) is 0.917. The maximum Gasteiger partial charge on any atom is 0.333 e. The van der Waals surface area contributed by atoms with Gasteiger partial charge in [-0.15, -0.1) is 0 Å². The van der Waals surface area contributed by atoms with Crippen LogP contribution in [0.3, 0.4) is 0 Å². The minimum absolute atomic E-state index is 0.295. The number of carbonyl (C=O) groups excluding carboxylic acids is 1. The normalized spacial score (nSPS) is 12.6. The van der Waals surface area contributed by atoms with Gasteiger partial charge in [0.2, 0.25) is 0 Å². The van der Waals surface area contributed by atoms with Gasteiger partial charge in [-0.1, -0.05) is 20.8 Å². The van der Waals surface area contributed by atoms with Crippen LogP contribution < -0.4 is 5.64 Å². The van der Waals surface area contributed by atoms with Crippen LogP contribution in [-0.2, 0) is 14.5 Å². The van der Waals surface area contributed by atoms with Crippen molar-refractivity contribution in [3.8, 4) is 0 Å². The van der Waals surface area contributed by atoms with Crippen LogP contribution >= 0.6 is 0 Å². The molecule has 0 unspecified atom stereocenters. The zero-order valence-corrected chi connectivity index (χ0v) is 11.3. The second-order valence-electron chi connectivity index (χ2n) is 4.97. The molecule has 0 rings (SSSR count). The Hall–Kier alpha value is -0.610. The molecule has 0 aliphatic heterocycles. The summed E-state index contributed by atoms with van der Waals surface area (Å²) >= 11 is 0. The van der Waals surface area contributed by atoms with E-state index in [4.69, 9.17) is 9.68 Å². The Labute approximate surface area is 98.6 Å². The van der Waals surface area contributed by atoms with Crippen molar-refractivity contribution in [3.05, 3.63) is 0 Å². The van der Waals surface area contributed by atoms with Crippen LogP contribution in [0.5, 0.6) is 0 Å². The molecule has 0 spiro atoms. The first-order valence-electron chi connectivity index (χ1n) is 5.95. The molecule has 1 N–H and O–H groups in total. The highest BCUT2D eigenvalue weighted by molar-refractivity contribution is 5.75. The number of rotatable bonds is 7. The molecule has 96 valence electrons. The number of nitrogens with one attached hydrogen (secondary N) is 1. The van der Waals surface area contributed by atoms with Crippen molar-refractivity contribution in [2.75, 3.05) is 0 Å². The first-order valence-corrected chi connectivity index (χ1v) is 5.95. The molecule has 0 aromatic carbocycles. The van der Waals surface area contributed by atoms with Gasteiger partial charge in [-0.3, -0.25) is 4.84 Å². The van der Waals surface area contributed by atoms with Crippen molar-refractivity contribution in [2.45, 2.75) is 66.4 Å². The molecule has 4 nitrogen and oxygen atoms in total. The maximum absolute atomic E-state index is 11.6. The van der Waals surface area contributed by atoms with Crippen molar-refractivity contribution in [2.24, 2.45) is 5.41 Å². The summed E-state index contributed by atoms with van der Waals surface area (Å²) in [5.41, 5.74) is 1.54. The first-order chi connectivity index (χ1) is 7.31. The van der Waals surface area contributed by atoms with Gasteiger partial charge in [-0.25, -0.2) is 4.79 Å². The molecular formula is C12H25NO3. The molecule has 0 atom stereocenters. The van der Waals surface area contributed by atoms with Crippen LogP contribution in [0, 0.1) is 5.41 Å². The lowest BCUT2D eigenvalue weighted by molar-refractivity contribution is -0.236. The zero-order chi connectivity index (χ0) is 12.8. The summed E-state index contributed by atoms with van der Waals surface area (Å²) in [7, 11) is 0. The molecular weight excluding hydrogens is 206 g/mol. The van der Waals surface area contributed by atoms with E-state index in [2.05, 4.69) is 5.64 Å². The fourth-order valence-electron chi connectivity index (χ4n) is 0.836. The molecule has 0 radical (unpaired) electrons. The van der Waals surface area contributed by atoms with E-state index in [0.29, 0.717) is 0 Å². The first kappa shape index (κ1) is 15.4. The van der Waals surface area contributed by atoms with Gasteiger partial charge in [-0.2, -0.15) is 0 Å². The molecule has 0 saturated carbocycles. The second-order valence-corrected chi connectivity index (χ2v) is 4.97. The summed E-state index contributed by atoms with van der Waals surface area (Å²) in [6.07, 6.45) is 2.43. The molecule has 4 heteroatoms. The average molecular weight is 231 g/mol. The maximum atomic E-state index is 11.6. The summed E-state index contributed by atoms with van der Waals surface area (Å²) in [6, 6.07) is 0. The zero-order valence-electron chi connectivity index (χ0n) is 11.3. The minimum Gasteiger partial charge on any atom is -0.345 e. The molecule has 0 heterocycles. The SMILES string of the molecule is CCC(C)(CC)ONOC(=O)C(C)(C)CC. The van der Waals surface area contributed by atoms with Gasteiger partial charge in [0, 0.05) is 0 Å². The Morgan fingerprint density at radius 1 is 1.06 bits per heavy atom. The summed E-state index contributed by atoms with van der Waals surface area (Å²) in [5, 5.41) is 0. The van der Waals surface area contributed by atoms with E-state index in [9.17, 15) is 4.79 Å². The van der Waals surface area contributed by atoms with E-state index in [-0.39, 0.29) is 11.6 Å². The van der Waals surface area contributed by atoms with Crippen LogP contribution in [0.4, 0.5) is 0 Å². The summed E-state index contributed by atoms with van der Waals surface area (Å²) < 4.78 is 0. The molecule has 0 aliphatic carbocycles. The largest absolute Gasteiger partial charge is 0.345 e. The van der Waals surface area contributed by atoms with Gasteiger partial charge in [0.1, 0.15) is 0 Å². The lowest BCUT2D eigenvalue weighted by Crippen LogP contribution is -2.38. The average Bonchev–Trinajstić information content (AvgIpc) is 2.28. The summed E-state index contributed by atoms with van der Waals surface area (Å²) in [5.74, 6) is -0.301. The highest BCUT2D eigenvalue weighted by atomic mass is 16.9. The van der Waals surface area contributed by atoms with Gasteiger partial charge in [0.15, 0.2) is 0 Å². The molecule has 0 aliphatic rings. The van der Waals surface area contributed by atoms with Crippen molar-refractivity contribution >= 4 is 5.97 Å². The molecule has 0 amide bonds. The van der Waals surface area contributed by atoms with Crippen molar-refractivity contribution in [1.29, 1.82) is 0 Å². The van der Waals surface area contributed by atoms with E-state index < -0.39 is 5.41 Å². The van der Waals surface area contributed by atoms with Crippen molar-refractivity contribution < 1.29 is 14.5 Å². The van der Waals surface area contributed by atoms with E-state index in [1.165, 1.54) is 0 Å². The fourth-order valence-corrected chi connectivity index (χ4v) is 0.836. The van der Waals surface area contributed by atoms with Gasteiger partial charge in [0.05, 0.1) is 11.0 Å². The monoisotopic (exact) mass is 231 g/mol. The Balaban J connectivity index is 4.04. The summed E-state index contributed by atoms with van der Waals surface area (Å²) in [6.45, 7) is 11.7. The van der Waals surface area contributed by atoms with Gasteiger partial charge < -0.3 is 4.84 Å². The third-order valence-corrected chi connectivity index (χ3v) is 3.35. The van der Waals surface area contributed by atoms with E-state index in [1.54, 1.807) is 0 Å². The van der Waals surface area contributed by atoms with Crippen LogP contribution in [0.1, 0.15) is 60.8 Å². The van der Waals surface area contributed by atoms with E-state index in [0.717, 1.165) is 19.3 Å². The Morgan fingerprint density at radius 3 is 1.94 bits per heavy atom. The topological polar surface area (TPSA) is 47.6 Å². The number of carbonyl (C=O) groups is 1. The highest BCUT2D eigenvalue weighted by Gasteiger charge is 2.28. The Kier molecular flexibility index (Phi) is 5.97. The van der Waals surface area contributed by atoms with E-state index in [1.807, 2.05) is 41.5 Å². The smallest absolute Gasteiger partial charge is 0.333 e. The standard InChI is InChI=1S/C12H25NO3/c1-7-11(4,5)10(14)15-13-16-12(6,8-2)9-3/h13H,7-9H2,1-6H3. The van der Waals surface area contributed by atoms with Crippen molar-refractivity contribution in [3.63, 3.8) is 0 Å². The minimum atomic E-state index is -0.481. The molecule has 16 heavy (non-hydrogen) atoms. The highest BCUT2D eigenvalue weighted by Crippen LogP contribution is 2.21. The van der Waals surface area contributed by atoms with Gasteiger partial charge in [-0.05, 0) is 45.7 Å². The lowest BCUT2D eigenvalue weighted by atomic mass is 9.91. The number of hydrogen-bond acceptors (Lipinski definition) is 4. The molecule has 0 saturated heterocycles. The van der Waals surface area contributed by atoms with Gasteiger partial charge >= 0.3 is 5.97 Å². The predicted molar refractivity (Wildman–Crippen MR) is 63.4 cm³/mol. The third kappa shape index (κ3) is 4.49. The molecule has 0 fully saturated rings. The van der Waals surface area contributed by atoms with E-state index >= 15 is 0 Å². The Bertz CT molecular complexity index is 222.